The Labute approximate surface area is 169 Å². The summed E-state index contributed by atoms with van der Waals surface area (Å²) in [4.78, 5) is 12.5. The van der Waals surface area contributed by atoms with Crippen LogP contribution in [0, 0.1) is 5.92 Å². The van der Waals surface area contributed by atoms with Crippen molar-refractivity contribution in [1.29, 1.82) is 0 Å². The first-order valence-corrected chi connectivity index (χ1v) is 9.65. The van der Waals surface area contributed by atoms with E-state index in [1.807, 2.05) is 18.2 Å². The molecular formula is C21H35ClN2O3. The van der Waals surface area contributed by atoms with E-state index < -0.39 is 18.1 Å². The lowest BCUT2D eigenvalue weighted by Gasteiger charge is -2.27. The molecule has 0 saturated heterocycles. The summed E-state index contributed by atoms with van der Waals surface area (Å²) in [6, 6.07) is 5.18. The van der Waals surface area contributed by atoms with Crippen molar-refractivity contribution < 1.29 is 14.6 Å². The van der Waals surface area contributed by atoms with Crippen molar-refractivity contribution in [1.82, 2.24) is 0 Å². The van der Waals surface area contributed by atoms with Crippen LogP contribution in [0.15, 0.2) is 18.2 Å². The largest absolute Gasteiger partial charge is 0.495 e. The zero-order chi connectivity index (χ0) is 19.3. The fourth-order valence-corrected chi connectivity index (χ4v) is 3.61. The summed E-state index contributed by atoms with van der Waals surface area (Å²) in [7, 11) is 1.56. The summed E-state index contributed by atoms with van der Waals surface area (Å²) < 4.78 is 5.35. The number of aliphatic hydroxyl groups is 1. The zero-order valence-corrected chi connectivity index (χ0v) is 17.8. The van der Waals surface area contributed by atoms with Gasteiger partial charge in [0.05, 0.1) is 12.8 Å². The summed E-state index contributed by atoms with van der Waals surface area (Å²) in [5.74, 6) is 0.608. The Bertz CT molecular complexity index is 610. The molecule has 6 heteroatoms. The number of halogens is 1. The molecule has 0 bridgehead atoms. The number of rotatable bonds is 6. The molecule has 2 unspecified atom stereocenters. The van der Waals surface area contributed by atoms with Gasteiger partial charge in [-0.15, -0.1) is 12.4 Å². The number of nitrogens with two attached hydrogens (primary N) is 1. The standard InChI is InChI=1S/C21H34N2O3.ClH/c1-21(2,3)15-10-11-18(26-4)17(13-15)23-20(25)19(24)16(22)12-14-8-6-5-7-9-14;/h10-11,13-14,16,19,24H,5-9,12,22H2,1-4H3,(H,23,25);1H. The molecule has 1 aromatic rings. The van der Waals surface area contributed by atoms with Crippen LogP contribution < -0.4 is 15.8 Å². The number of hydrogen-bond donors (Lipinski definition) is 3. The summed E-state index contributed by atoms with van der Waals surface area (Å²) in [5.41, 5.74) is 7.72. The first kappa shape index (κ1) is 23.7. The lowest BCUT2D eigenvalue weighted by molar-refractivity contribution is -0.125. The van der Waals surface area contributed by atoms with Gasteiger partial charge in [0.15, 0.2) is 0 Å². The van der Waals surface area contributed by atoms with Crippen molar-refractivity contribution in [2.24, 2.45) is 11.7 Å². The monoisotopic (exact) mass is 398 g/mol. The number of carbonyl (C=O) groups is 1. The average Bonchev–Trinajstić information content (AvgIpc) is 2.61. The topological polar surface area (TPSA) is 84.6 Å². The third-order valence-electron chi connectivity index (χ3n) is 5.33. The molecular weight excluding hydrogens is 364 g/mol. The number of methoxy groups -OCH3 is 1. The fourth-order valence-electron chi connectivity index (χ4n) is 3.61. The van der Waals surface area contributed by atoms with Gasteiger partial charge in [-0.1, -0.05) is 58.9 Å². The Kier molecular flexibility index (Phi) is 9.06. The van der Waals surface area contributed by atoms with Crippen LogP contribution in [-0.4, -0.2) is 30.3 Å². The molecule has 154 valence electrons. The molecule has 2 rings (SSSR count). The van der Waals surface area contributed by atoms with Gasteiger partial charge >= 0.3 is 0 Å². The lowest BCUT2D eigenvalue weighted by atomic mass is 9.84. The van der Waals surface area contributed by atoms with Crippen LogP contribution in [0.25, 0.3) is 0 Å². The van der Waals surface area contributed by atoms with Crippen LogP contribution in [0.1, 0.15) is 64.9 Å². The second-order valence-electron chi connectivity index (χ2n) is 8.50. The molecule has 0 aliphatic heterocycles. The molecule has 5 nitrogen and oxygen atoms in total. The number of nitrogens with one attached hydrogen (secondary N) is 1. The fraction of sp³-hybridized carbons (Fsp3) is 0.667. The summed E-state index contributed by atoms with van der Waals surface area (Å²) in [6.45, 7) is 6.32. The van der Waals surface area contributed by atoms with Crippen molar-refractivity contribution in [2.75, 3.05) is 12.4 Å². The van der Waals surface area contributed by atoms with Gasteiger partial charge in [-0.25, -0.2) is 0 Å². The van der Waals surface area contributed by atoms with Crippen LogP contribution >= 0.6 is 12.4 Å². The molecule has 1 aromatic carbocycles. The molecule has 2 atom stereocenters. The molecule has 0 radical (unpaired) electrons. The minimum absolute atomic E-state index is 0. The van der Waals surface area contributed by atoms with E-state index in [9.17, 15) is 9.90 Å². The van der Waals surface area contributed by atoms with E-state index in [1.165, 1.54) is 19.3 Å². The Morgan fingerprint density at radius 3 is 2.48 bits per heavy atom. The Morgan fingerprint density at radius 1 is 1.30 bits per heavy atom. The van der Waals surface area contributed by atoms with Crippen LogP contribution in [0.4, 0.5) is 5.69 Å². The van der Waals surface area contributed by atoms with Crippen LogP contribution in [0.3, 0.4) is 0 Å². The minimum Gasteiger partial charge on any atom is -0.495 e. The van der Waals surface area contributed by atoms with E-state index in [4.69, 9.17) is 10.5 Å². The van der Waals surface area contributed by atoms with E-state index in [2.05, 4.69) is 26.1 Å². The predicted molar refractivity (Wildman–Crippen MR) is 113 cm³/mol. The maximum absolute atomic E-state index is 12.5. The van der Waals surface area contributed by atoms with Gasteiger partial charge in [-0.3, -0.25) is 4.79 Å². The zero-order valence-electron chi connectivity index (χ0n) is 17.0. The van der Waals surface area contributed by atoms with E-state index >= 15 is 0 Å². The SMILES string of the molecule is COc1ccc(C(C)(C)C)cc1NC(=O)C(O)C(N)CC1CCCCC1.Cl. The number of hydrogen-bond acceptors (Lipinski definition) is 4. The van der Waals surface area contributed by atoms with E-state index in [0.717, 1.165) is 18.4 Å². The van der Waals surface area contributed by atoms with Gasteiger partial charge in [-0.05, 0) is 35.4 Å². The summed E-state index contributed by atoms with van der Waals surface area (Å²) in [5, 5.41) is 13.2. The molecule has 1 amide bonds. The Morgan fingerprint density at radius 2 is 1.93 bits per heavy atom. The van der Waals surface area contributed by atoms with Crippen molar-refractivity contribution in [3.63, 3.8) is 0 Å². The number of anilines is 1. The Balaban J connectivity index is 0.00000364. The molecule has 0 heterocycles. The molecule has 1 fully saturated rings. The molecule has 1 aliphatic carbocycles. The highest BCUT2D eigenvalue weighted by Crippen LogP contribution is 2.32. The van der Waals surface area contributed by atoms with Crippen LogP contribution in [0.5, 0.6) is 5.75 Å². The maximum Gasteiger partial charge on any atom is 0.254 e. The lowest BCUT2D eigenvalue weighted by Crippen LogP contribution is -2.44. The van der Waals surface area contributed by atoms with E-state index in [1.54, 1.807) is 7.11 Å². The summed E-state index contributed by atoms with van der Waals surface area (Å²) >= 11 is 0. The molecule has 27 heavy (non-hydrogen) atoms. The van der Waals surface area contributed by atoms with Crippen molar-refractivity contribution >= 4 is 24.0 Å². The number of carbonyl (C=O) groups excluding carboxylic acids is 1. The predicted octanol–water partition coefficient (Wildman–Crippen LogP) is 4.01. The molecule has 0 aromatic heterocycles. The molecule has 4 N–H and O–H groups in total. The summed E-state index contributed by atoms with van der Waals surface area (Å²) in [6.07, 6.45) is 5.46. The van der Waals surface area contributed by atoms with Crippen molar-refractivity contribution in [3.8, 4) is 5.75 Å². The first-order valence-electron chi connectivity index (χ1n) is 9.65. The average molecular weight is 399 g/mol. The van der Waals surface area contributed by atoms with Crippen molar-refractivity contribution in [3.05, 3.63) is 23.8 Å². The molecule has 1 saturated carbocycles. The van der Waals surface area contributed by atoms with Crippen LogP contribution in [0.2, 0.25) is 0 Å². The minimum atomic E-state index is -1.22. The first-order chi connectivity index (χ1) is 12.2. The third kappa shape index (κ3) is 6.66. The number of aliphatic hydroxyl groups excluding tert-OH is 1. The van der Waals surface area contributed by atoms with Crippen LogP contribution in [-0.2, 0) is 10.2 Å². The van der Waals surface area contributed by atoms with E-state index in [0.29, 0.717) is 23.8 Å². The molecule has 1 aliphatic rings. The van der Waals surface area contributed by atoms with Gasteiger partial charge < -0.3 is 20.9 Å². The van der Waals surface area contributed by atoms with Gasteiger partial charge in [0.1, 0.15) is 11.9 Å². The highest BCUT2D eigenvalue weighted by Gasteiger charge is 2.27. The molecule has 0 spiro atoms. The second-order valence-corrected chi connectivity index (χ2v) is 8.50. The van der Waals surface area contributed by atoms with Gasteiger partial charge in [-0.2, -0.15) is 0 Å². The van der Waals surface area contributed by atoms with Gasteiger partial charge in [0.2, 0.25) is 0 Å². The smallest absolute Gasteiger partial charge is 0.254 e. The number of ether oxygens (including phenoxy) is 1. The number of benzene rings is 1. The second kappa shape index (κ2) is 10.3. The van der Waals surface area contributed by atoms with Gasteiger partial charge in [0, 0.05) is 6.04 Å². The normalized spacial score (nSPS) is 17.6. The van der Waals surface area contributed by atoms with Gasteiger partial charge in [0.25, 0.3) is 5.91 Å². The van der Waals surface area contributed by atoms with E-state index in [-0.39, 0.29) is 17.8 Å². The van der Waals surface area contributed by atoms with Crippen molar-refractivity contribution in [2.45, 2.75) is 76.9 Å². The quantitative estimate of drug-likeness (QED) is 0.675. The number of amides is 1. The Hall–Kier alpha value is -1.30. The third-order valence-corrected chi connectivity index (χ3v) is 5.33. The highest BCUT2D eigenvalue weighted by molar-refractivity contribution is 5.96. The maximum atomic E-state index is 12.5. The highest BCUT2D eigenvalue weighted by atomic mass is 35.5.